The van der Waals surface area contributed by atoms with Gasteiger partial charge in [0.15, 0.2) is 0 Å². The van der Waals surface area contributed by atoms with Crippen LogP contribution in [-0.4, -0.2) is 15.0 Å². The topological polar surface area (TPSA) is 38.7 Å². The van der Waals surface area contributed by atoms with Gasteiger partial charge in [-0.3, -0.25) is 4.98 Å². The molecule has 3 nitrogen and oxygen atoms in total. The highest BCUT2D eigenvalue weighted by Gasteiger charge is 2.34. The van der Waals surface area contributed by atoms with Gasteiger partial charge >= 0.3 is 6.18 Å². The predicted molar refractivity (Wildman–Crippen MR) is 67.0 cm³/mol. The number of pyridine rings is 1. The summed E-state index contributed by atoms with van der Waals surface area (Å²) in [5.74, 6) is -0.576. The molecule has 0 atom stereocenters. The Labute approximate surface area is 113 Å². The van der Waals surface area contributed by atoms with Gasteiger partial charge in [0.2, 0.25) is 5.82 Å². The van der Waals surface area contributed by atoms with Crippen LogP contribution < -0.4 is 0 Å². The lowest BCUT2D eigenvalue weighted by molar-refractivity contribution is -0.144. The molecule has 0 aromatic carbocycles. The Morgan fingerprint density at radius 3 is 2.10 bits per heavy atom. The first kappa shape index (κ1) is 13.0. The van der Waals surface area contributed by atoms with Crippen molar-refractivity contribution in [3.05, 3.63) is 41.7 Å². The quantitative estimate of drug-likeness (QED) is 0.840. The molecule has 2 aromatic heterocycles. The lowest BCUT2D eigenvalue weighted by Gasteiger charge is -2.08. The van der Waals surface area contributed by atoms with Crippen molar-refractivity contribution in [2.24, 2.45) is 0 Å². The first-order valence-corrected chi connectivity index (χ1v) is 6.31. The molecule has 104 valence electrons. The van der Waals surface area contributed by atoms with Crippen LogP contribution in [0.25, 0.3) is 11.1 Å². The molecule has 1 aliphatic rings. The van der Waals surface area contributed by atoms with Crippen LogP contribution in [0.5, 0.6) is 0 Å². The molecule has 20 heavy (non-hydrogen) atoms. The van der Waals surface area contributed by atoms with Crippen molar-refractivity contribution in [2.75, 3.05) is 0 Å². The fourth-order valence-corrected chi connectivity index (χ4v) is 2.15. The Balaban J connectivity index is 1.91. The maximum atomic E-state index is 12.4. The second-order valence-corrected chi connectivity index (χ2v) is 4.99. The van der Waals surface area contributed by atoms with E-state index in [9.17, 15) is 13.2 Å². The van der Waals surface area contributed by atoms with Crippen LogP contribution >= 0.6 is 0 Å². The number of aryl methyl sites for hydroxylation is 1. The zero-order valence-corrected chi connectivity index (χ0v) is 10.8. The third-order valence-electron chi connectivity index (χ3n) is 3.32. The van der Waals surface area contributed by atoms with Gasteiger partial charge < -0.3 is 0 Å². The van der Waals surface area contributed by atoms with Gasteiger partial charge in [-0.1, -0.05) is 0 Å². The summed E-state index contributed by atoms with van der Waals surface area (Å²) in [6, 6.07) is 1.92. The second-order valence-electron chi connectivity index (χ2n) is 4.99. The summed E-state index contributed by atoms with van der Waals surface area (Å²) in [4.78, 5) is 11.1. The van der Waals surface area contributed by atoms with Crippen LogP contribution in [0.15, 0.2) is 24.7 Å². The Morgan fingerprint density at radius 1 is 1.00 bits per heavy atom. The number of aromatic nitrogens is 3. The summed E-state index contributed by atoms with van der Waals surface area (Å²) in [5, 5.41) is 0. The smallest absolute Gasteiger partial charge is 0.260 e. The molecule has 0 aliphatic heterocycles. The maximum absolute atomic E-state index is 12.4. The molecule has 0 spiro atoms. The lowest BCUT2D eigenvalue weighted by atomic mass is 10.1. The first-order valence-electron chi connectivity index (χ1n) is 6.31. The van der Waals surface area contributed by atoms with Crippen molar-refractivity contribution >= 4 is 0 Å². The Hall–Kier alpha value is -1.98. The minimum atomic E-state index is -4.51. The number of hydrogen-bond acceptors (Lipinski definition) is 3. The average Bonchev–Trinajstić information content (AvgIpc) is 3.22. The van der Waals surface area contributed by atoms with E-state index < -0.39 is 12.0 Å². The zero-order chi connectivity index (χ0) is 14.3. The van der Waals surface area contributed by atoms with E-state index in [1.807, 2.05) is 13.0 Å². The summed E-state index contributed by atoms with van der Waals surface area (Å²) in [7, 11) is 0. The molecule has 0 radical (unpaired) electrons. The fraction of sp³-hybridized carbons (Fsp3) is 0.357. The van der Waals surface area contributed by atoms with Crippen molar-refractivity contribution in [1.82, 2.24) is 15.0 Å². The van der Waals surface area contributed by atoms with E-state index in [0.717, 1.165) is 29.7 Å². The van der Waals surface area contributed by atoms with Gasteiger partial charge in [-0.15, -0.1) is 0 Å². The molecule has 6 heteroatoms. The summed E-state index contributed by atoms with van der Waals surface area (Å²) in [6.45, 7) is 1.97. The SMILES string of the molecule is Cc1cc(-c2cnc(C(F)(F)F)nc2)cnc1C1CC1. The predicted octanol–water partition coefficient (Wildman–Crippen LogP) is 3.74. The molecular weight excluding hydrogens is 267 g/mol. The van der Waals surface area contributed by atoms with Crippen LogP contribution in [0.1, 0.15) is 35.8 Å². The molecule has 3 rings (SSSR count). The summed E-state index contributed by atoms with van der Waals surface area (Å²) in [5.41, 5.74) is 3.42. The summed E-state index contributed by atoms with van der Waals surface area (Å²) >= 11 is 0. The molecule has 0 amide bonds. The molecule has 1 aliphatic carbocycles. The number of nitrogens with zero attached hydrogens (tertiary/aromatic N) is 3. The van der Waals surface area contributed by atoms with Gasteiger partial charge in [0.05, 0.1) is 0 Å². The molecular formula is C14H12F3N3. The van der Waals surface area contributed by atoms with Gasteiger partial charge in [0.25, 0.3) is 0 Å². The highest BCUT2D eigenvalue weighted by molar-refractivity contribution is 5.61. The second kappa shape index (κ2) is 4.54. The summed E-state index contributed by atoms with van der Waals surface area (Å²) < 4.78 is 37.2. The highest BCUT2D eigenvalue weighted by Crippen LogP contribution is 2.40. The van der Waals surface area contributed by atoms with E-state index in [1.54, 1.807) is 6.20 Å². The van der Waals surface area contributed by atoms with Gasteiger partial charge in [0, 0.05) is 41.3 Å². The van der Waals surface area contributed by atoms with Crippen molar-refractivity contribution < 1.29 is 13.2 Å². The van der Waals surface area contributed by atoms with Crippen molar-refractivity contribution in [3.8, 4) is 11.1 Å². The van der Waals surface area contributed by atoms with E-state index >= 15 is 0 Å². The molecule has 1 saturated carbocycles. The minimum absolute atomic E-state index is 0.538. The van der Waals surface area contributed by atoms with Gasteiger partial charge in [0.1, 0.15) is 0 Å². The fourth-order valence-electron chi connectivity index (χ4n) is 2.15. The molecule has 2 heterocycles. The normalized spacial score (nSPS) is 15.4. The molecule has 0 N–H and O–H groups in total. The number of halogens is 3. The summed E-state index contributed by atoms with van der Waals surface area (Å²) in [6.07, 6.45) is 1.86. The molecule has 2 aromatic rings. The Kier molecular flexibility index (Phi) is 2.96. The van der Waals surface area contributed by atoms with E-state index in [4.69, 9.17) is 0 Å². The van der Waals surface area contributed by atoms with E-state index in [1.165, 1.54) is 12.4 Å². The average molecular weight is 279 g/mol. The van der Waals surface area contributed by atoms with Crippen LogP contribution in [0.3, 0.4) is 0 Å². The highest BCUT2D eigenvalue weighted by atomic mass is 19.4. The van der Waals surface area contributed by atoms with Crippen LogP contribution in [0.4, 0.5) is 13.2 Å². The maximum Gasteiger partial charge on any atom is 0.451 e. The van der Waals surface area contributed by atoms with Gasteiger partial charge in [-0.2, -0.15) is 13.2 Å². The number of alkyl halides is 3. The van der Waals surface area contributed by atoms with Crippen LogP contribution in [0.2, 0.25) is 0 Å². The van der Waals surface area contributed by atoms with E-state index in [-0.39, 0.29) is 0 Å². The molecule has 0 bridgehead atoms. The first-order chi connectivity index (χ1) is 9.45. The van der Waals surface area contributed by atoms with Crippen LogP contribution in [-0.2, 0) is 6.18 Å². The number of hydrogen-bond donors (Lipinski definition) is 0. The van der Waals surface area contributed by atoms with Crippen molar-refractivity contribution in [3.63, 3.8) is 0 Å². The van der Waals surface area contributed by atoms with Crippen molar-refractivity contribution in [1.29, 1.82) is 0 Å². The Bertz CT molecular complexity index is 631. The number of rotatable bonds is 2. The van der Waals surface area contributed by atoms with Gasteiger partial charge in [-0.05, 0) is 31.4 Å². The molecule has 1 fully saturated rings. The minimum Gasteiger partial charge on any atom is -0.260 e. The third kappa shape index (κ3) is 2.50. The third-order valence-corrected chi connectivity index (χ3v) is 3.32. The van der Waals surface area contributed by atoms with E-state index in [2.05, 4.69) is 15.0 Å². The van der Waals surface area contributed by atoms with Gasteiger partial charge in [-0.25, -0.2) is 9.97 Å². The van der Waals surface area contributed by atoms with Crippen LogP contribution in [0, 0.1) is 6.92 Å². The van der Waals surface area contributed by atoms with Crippen molar-refractivity contribution in [2.45, 2.75) is 31.9 Å². The standard InChI is InChI=1S/C14H12F3N3/c1-8-4-10(5-18-12(8)9-2-3-9)11-6-19-13(20-7-11)14(15,16)17/h4-7,9H,2-3H2,1H3. The molecule has 0 saturated heterocycles. The Morgan fingerprint density at radius 2 is 1.60 bits per heavy atom. The monoisotopic (exact) mass is 279 g/mol. The lowest BCUT2D eigenvalue weighted by Crippen LogP contribution is -2.10. The zero-order valence-electron chi connectivity index (χ0n) is 10.8. The largest absolute Gasteiger partial charge is 0.451 e. The molecule has 0 unspecified atom stereocenters. The van der Waals surface area contributed by atoms with E-state index in [0.29, 0.717) is 11.5 Å².